The van der Waals surface area contributed by atoms with Crippen molar-refractivity contribution in [3.63, 3.8) is 0 Å². The first-order chi connectivity index (χ1) is 6.79. The predicted molar refractivity (Wildman–Crippen MR) is 65.4 cm³/mol. The van der Waals surface area contributed by atoms with Crippen LogP contribution in [0.15, 0.2) is 18.2 Å². The number of carbonyl (C=O) groups excluding carboxylic acids is 1. The smallest absolute Gasteiger partial charge is 0.242 e. The number of hydrogen-bond acceptors (Lipinski definition) is 2. The van der Waals surface area contributed by atoms with Crippen molar-refractivity contribution in [2.45, 2.75) is 26.6 Å². The Labute approximate surface area is 96.3 Å². The second-order valence-electron chi connectivity index (χ2n) is 4.41. The highest BCUT2D eigenvalue weighted by molar-refractivity contribution is 6.70. The molecule has 4 heteroatoms. The Kier molecular flexibility index (Phi) is 3.57. The normalized spacial score (nSPS) is 11.3. The average Bonchev–Trinajstić information content (AvgIpc) is 1.99. The monoisotopic (exact) mass is 242 g/mol. The van der Waals surface area contributed by atoms with Gasteiger partial charge in [0.25, 0.3) is 0 Å². The number of carbonyl (C=O) groups is 1. The number of Topliss-reactive ketones (excluding diaryl/α,β-unsaturated/α-hetero) is 1. The van der Waals surface area contributed by atoms with Gasteiger partial charge in [-0.25, -0.2) is 0 Å². The van der Waals surface area contributed by atoms with Crippen LogP contribution >= 0.6 is 11.6 Å². The quantitative estimate of drug-likeness (QED) is 0.596. The lowest BCUT2D eigenvalue weighted by molar-refractivity contribution is 0.101. The van der Waals surface area contributed by atoms with E-state index in [4.69, 9.17) is 16.0 Å². The van der Waals surface area contributed by atoms with Crippen LogP contribution in [0.5, 0.6) is 5.75 Å². The van der Waals surface area contributed by atoms with Gasteiger partial charge in [-0.2, -0.15) is 0 Å². The van der Waals surface area contributed by atoms with E-state index < -0.39 is 8.32 Å². The molecule has 1 aromatic carbocycles. The Bertz CT molecular complexity index is 383. The maximum absolute atomic E-state index is 11.4. The third kappa shape index (κ3) is 3.68. The van der Waals surface area contributed by atoms with Gasteiger partial charge in [0.15, 0.2) is 5.78 Å². The van der Waals surface area contributed by atoms with E-state index in [1.165, 1.54) is 6.92 Å². The molecule has 0 amide bonds. The fraction of sp³-hybridized carbons (Fsp3) is 0.364. The molecular weight excluding hydrogens is 228 g/mol. The van der Waals surface area contributed by atoms with Crippen molar-refractivity contribution in [1.82, 2.24) is 0 Å². The molecular formula is C11H15ClO2Si. The number of halogens is 1. The third-order valence-corrected chi connectivity index (χ3v) is 2.81. The van der Waals surface area contributed by atoms with Crippen molar-refractivity contribution in [3.05, 3.63) is 28.8 Å². The van der Waals surface area contributed by atoms with Crippen LogP contribution in [-0.4, -0.2) is 14.1 Å². The molecule has 0 N–H and O–H groups in total. The lowest BCUT2D eigenvalue weighted by Crippen LogP contribution is -2.30. The Morgan fingerprint density at radius 1 is 1.33 bits per heavy atom. The van der Waals surface area contributed by atoms with Gasteiger partial charge >= 0.3 is 0 Å². The summed E-state index contributed by atoms with van der Waals surface area (Å²) >= 11 is 5.87. The number of rotatable bonds is 3. The van der Waals surface area contributed by atoms with E-state index in [-0.39, 0.29) is 5.78 Å². The SMILES string of the molecule is CC(=O)c1ccc(Cl)cc1O[Si](C)(C)C. The third-order valence-electron chi connectivity index (χ3n) is 1.74. The van der Waals surface area contributed by atoms with Crippen LogP contribution in [0.1, 0.15) is 17.3 Å². The first-order valence-electron chi connectivity index (χ1n) is 4.79. The number of hydrogen-bond donors (Lipinski definition) is 0. The summed E-state index contributed by atoms with van der Waals surface area (Å²) in [5, 5.41) is 0.591. The van der Waals surface area contributed by atoms with Crippen molar-refractivity contribution in [2.24, 2.45) is 0 Å². The van der Waals surface area contributed by atoms with Gasteiger partial charge in [-0.05, 0) is 44.8 Å². The molecule has 82 valence electrons. The van der Waals surface area contributed by atoms with E-state index in [0.717, 1.165) is 0 Å². The van der Waals surface area contributed by atoms with E-state index in [1.807, 2.05) is 0 Å². The molecule has 0 aliphatic carbocycles. The minimum absolute atomic E-state index is 0.0000772. The van der Waals surface area contributed by atoms with Crippen molar-refractivity contribution in [1.29, 1.82) is 0 Å². The highest BCUT2D eigenvalue weighted by Gasteiger charge is 2.19. The van der Waals surface area contributed by atoms with E-state index in [9.17, 15) is 4.79 Å². The first kappa shape index (κ1) is 12.3. The molecule has 0 unspecified atom stereocenters. The summed E-state index contributed by atoms with van der Waals surface area (Å²) in [6, 6.07) is 5.12. The zero-order valence-electron chi connectivity index (χ0n) is 9.43. The molecule has 1 rings (SSSR count). The summed E-state index contributed by atoms with van der Waals surface area (Å²) in [4.78, 5) is 11.4. The summed E-state index contributed by atoms with van der Waals surface area (Å²) < 4.78 is 5.81. The van der Waals surface area contributed by atoms with Crippen molar-refractivity contribution in [3.8, 4) is 5.75 Å². The molecule has 0 fully saturated rings. The minimum Gasteiger partial charge on any atom is -0.544 e. The standard InChI is InChI=1S/C11H15ClO2Si/c1-8(13)10-6-5-9(12)7-11(10)14-15(2,3)4/h5-7H,1-4H3. The topological polar surface area (TPSA) is 26.3 Å². The van der Waals surface area contributed by atoms with Gasteiger partial charge in [-0.15, -0.1) is 0 Å². The van der Waals surface area contributed by atoms with Gasteiger partial charge in [0.2, 0.25) is 8.32 Å². The van der Waals surface area contributed by atoms with Crippen LogP contribution < -0.4 is 4.43 Å². The molecule has 0 heterocycles. The zero-order chi connectivity index (χ0) is 11.6. The zero-order valence-corrected chi connectivity index (χ0v) is 11.2. The molecule has 0 aliphatic heterocycles. The summed E-state index contributed by atoms with van der Waals surface area (Å²) in [5.41, 5.74) is 0.599. The number of ketones is 1. The van der Waals surface area contributed by atoms with Gasteiger partial charge in [-0.3, -0.25) is 4.79 Å². The summed E-state index contributed by atoms with van der Waals surface area (Å²) in [5.74, 6) is 0.606. The largest absolute Gasteiger partial charge is 0.544 e. The molecule has 0 radical (unpaired) electrons. The van der Waals surface area contributed by atoms with Crippen molar-refractivity contribution >= 4 is 25.7 Å². The molecule has 1 aromatic rings. The first-order valence-corrected chi connectivity index (χ1v) is 8.58. The van der Waals surface area contributed by atoms with E-state index in [2.05, 4.69) is 19.6 Å². The summed E-state index contributed by atoms with van der Waals surface area (Å²) in [7, 11) is -1.71. The Morgan fingerprint density at radius 3 is 2.40 bits per heavy atom. The molecule has 0 saturated carbocycles. The van der Waals surface area contributed by atoms with Crippen molar-refractivity contribution < 1.29 is 9.22 Å². The molecule has 0 saturated heterocycles. The Morgan fingerprint density at radius 2 is 1.93 bits per heavy atom. The molecule has 0 atom stereocenters. The lowest BCUT2D eigenvalue weighted by atomic mass is 10.1. The van der Waals surface area contributed by atoms with Crippen LogP contribution in [-0.2, 0) is 0 Å². The van der Waals surface area contributed by atoms with E-state index in [0.29, 0.717) is 16.3 Å². The van der Waals surface area contributed by atoms with Gasteiger partial charge < -0.3 is 4.43 Å². The van der Waals surface area contributed by atoms with Crippen LogP contribution in [0.4, 0.5) is 0 Å². The predicted octanol–water partition coefficient (Wildman–Crippen LogP) is 3.76. The summed E-state index contributed by atoms with van der Waals surface area (Å²) in [6.07, 6.45) is 0. The summed E-state index contributed by atoms with van der Waals surface area (Å²) in [6.45, 7) is 7.73. The fourth-order valence-electron chi connectivity index (χ4n) is 1.20. The fourth-order valence-corrected chi connectivity index (χ4v) is 2.19. The lowest BCUT2D eigenvalue weighted by Gasteiger charge is -2.21. The second kappa shape index (κ2) is 4.37. The highest BCUT2D eigenvalue weighted by atomic mass is 35.5. The van der Waals surface area contributed by atoms with E-state index in [1.54, 1.807) is 18.2 Å². The van der Waals surface area contributed by atoms with Crippen molar-refractivity contribution in [2.75, 3.05) is 0 Å². The minimum atomic E-state index is -1.71. The Hall–Kier alpha value is -0.803. The van der Waals surface area contributed by atoms with Crippen LogP contribution in [0.3, 0.4) is 0 Å². The van der Waals surface area contributed by atoms with Gasteiger partial charge in [0.05, 0.1) is 5.56 Å². The molecule has 0 spiro atoms. The maximum Gasteiger partial charge on any atom is 0.242 e. The maximum atomic E-state index is 11.4. The highest BCUT2D eigenvalue weighted by Crippen LogP contribution is 2.26. The van der Waals surface area contributed by atoms with E-state index >= 15 is 0 Å². The van der Waals surface area contributed by atoms with Gasteiger partial charge in [-0.1, -0.05) is 11.6 Å². The molecule has 2 nitrogen and oxygen atoms in total. The van der Waals surface area contributed by atoms with Gasteiger partial charge in [0, 0.05) is 5.02 Å². The van der Waals surface area contributed by atoms with Crippen LogP contribution in [0, 0.1) is 0 Å². The van der Waals surface area contributed by atoms with Crippen LogP contribution in [0.2, 0.25) is 24.7 Å². The van der Waals surface area contributed by atoms with Gasteiger partial charge in [0.1, 0.15) is 5.75 Å². The second-order valence-corrected chi connectivity index (χ2v) is 9.28. The molecule has 0 aromatic heterocycles. The average molecular weight is 243 g/mol. The molecule has 15 heavy (non-hydrogen) atoms. The molecule has 0 bridgehead atoms. The van der Waals surface area contributed by atoms with Crippen LogP contribution in [0.25, 0.3) is 0 Å². The Balaban J connectivity index is 3.13. The molecule has 0 aliphatic rings. The number of benzene rings is 1.